The molecule has 0 aliphatic heterocycles. The van der Waals surface area contributed by atoms with E-state index in [1.807, 2.05) is 0 Å². The average molecular weight is 291 g/mol. The first-order valence-electron chi connectivity index (χ1n) is 6.19. The molecule has 0 radical (unpaired) electrons. The van der Waals surface area contributed by atoms with Crippen LogP contribution in [0.5, 0.6) is 0 Å². The summed E-state index contributed by atoms with van der Waals surface area (Å²) < 4.78 is 45.2. The van der Waals surface area contributed by atoms with E-state index in [0.717, 1.165) is 12.1 Å². The van der Waals surface area contributed by atoms with E-state index >= 15 is 0 Å². The van der Waals surface area contributed by atoms with Gasteiger partial charge in [-0.15, -0.1) is 0 Å². The largest absolute Gasteiger partial charge is 0.384 e. The van der Waals surface area contributed by atoms with Crippen LogP contribution < -0.4 is 0 Å². The molecule has 2 rings (SSSR count). The SMILES string of the molecule is COCC(c1cc(F)cc(F)c1)c1ccc(F)c(C#N)c1. The third-order valence-corrected chi connectivity index (χ3v) is 3.13. The van der Waals surface area contributed by atoms with Gasteiger partial charge in [-0.1, -0.05) is 6.07 Å². The van der Waals surface area contributed by atoms with Crippen molar-refractivity contribution < 1.29 is 17.9 Å². The topological polar surface area (TPSA) is 33.0 Å². The molecule has 0 heterocycles. The number of hydrogen-bond acceptors (Lipinski definition) is 2. The van der Waals surface area contributed by atoms with Gasteiger partial charge in [0.2, 0.25) is 0 Å². The molecule has 0 amide bonds. The van der Waals surface area contributed by atoms with E-state index in [-0.39, 0.29) is 12.2 Å². The van der Waals surface area contributed by atoms with Crippen molar-refractivity contribution in [2.75, 3.05) is 13.7 Å². The first kappa shape index (κ1) is 15.1. The summed E-state index contributed by atoms with van der Waals surface area (Å²) in [7, 11) is 1.46. The zero-order valence-corrected chi connectivity index (χ0v) is 11.2. The minimum Gasteiger partial charge on any atom is -0.384 e. The minimum atomic E-state index is -0.700. The second kappa shape index (κ2) is 6.42. The Balaban J connectivity index is 2.50. The highest BCUT2D eigenvalue weighted by Crippen LogP contribution is 2.27. The lowest BCUT2D eigenvalue weighted by atomic mass is 9.91. The van der Waals surface area contributed by atoms with Gasteiger partial charge in [0.15, 0.2) is 0 Å². The van der Waals surface area contributed by atoms with Gasteiger partial charge in [-0.3, -0.25) is 0 Å². The molecule has 1 atom stereocenters. The first-order valence-corrected chi connectivity index (χ1v) is 6.19. The summed E-state index contributed by atoms with van der Waals surface area (Å²) in [4.78, 5) is 0. The summed E-state index contributed by atoms with van der Waals surface area (Å²) in [6, 6.07) is 8.91. The fraction of sp³-hybridized carbons (Fsp3) is 0.188. The highest BCUT2D eigenvalue weighted by molar-refractivity contribution is 5.40. The molecule has 0 saturated heterocycles. The predicted molar refractivity (Wildman–Crippen MR) is 71.2 cm³/mol. The lowest BCUT2D eigenvalue weighted by Crippen LogP contribution is -2.09. The molecule has 0 aromatic heterocycles. The first-order chi connectivity index (χ1) is 10.0. The molecule has 0 spiro atoms. The van der Waals surface area contributed by atoms with E-state index in [0.29, 0.717) is 11.1 Å². The summed E-state index contributed by atoms with van der Waals surface area (Å²) in [5.41, 5.74) is 0.801. The van der Waals surface area contributed by atoms with Gasteiger partial charge in [0.05, 0.1) is 12.2 Å². The molecule has 21 heavy (non-hydrogen) atoms. The van der Waals surface area contributed by atoms with Crippen molar-refractivity contribution in [3.05, 3.63) is 70.5 Å². The van der Waals surface area contributed by atoms with Crippen LogP contribution in [0, 0.1) is 28.8 Å². The molecule has 0 bridgehead atoms. The van der Waals surface area contributed by atoms with E-state index in [1.54, 1.807) is 6.07 Å². The third kappa shape index (κ3) is 3.41. The quantitative estimate of drug-likeness (QED) is 0.859. The summed E-state index contributed by atoms with van der Waals surface area (Å²) >= 11 is 0. The molecule has 2 aromatic carbocycles. The van der Waals surface area contributed by atoms with Crippen LogP contribution in [0.1, 0.15) is 22.6 Å². The van der Waals surface area contributed by atoms with E-state index in [9.17, 15) is 13.2 Å². The van der Waals surface area contributed by atoms with Gasteiger partial charge in [-0.2, -0.15) is 5.26 Å². The Bertz CT molecular complexity index is 674. The van der Waals surface area contributed by atoms with Crippen LogP contribution in [-0.4, -0.2) is 13.7 Å². The van der Waals surface area contributed by atoms with Crippen LogP contribution in [0.15, 0.2) is 36.4 Å². The Morgan fingerprint density at radius 2 is 1.71 bits per heavy atom. The van der Waals surface area contributed by atoms with Crippen LogP contribution in [0.4, 0.5) is 13.2 Å². The zero-order chi connectivity index (χ0) is 15.4. The second-order valence-corrected chi connectivity index (χ2v) is 4.56. The Labute approximate surface area is 120 Å². The number of hydrogen-bond donors (Lipinski definition) is 0. The fourth-order valence-electron chi connectivity index (χ4n) is 2.17. The number of benzene rings is 2. The number of rotatable bonds is 4. The average Bonchev–Trinajstić information content (AvgIpc) is 2.44. The van der Waals surface area contributed by atoms with Crippen molar-refractivity contribution in [2.45, 2.75) is 5.92 Å². The maximum absolute atomic E-state index is 13.4. The summed E-state index contributed by atoms with van der Waals surface area (Å²) in [5, 5.41) is 8.87. The van der Waals surface area contributed by atoms with E-state index in [2.05, 4.69) is 0 Å². The van der Waals surface area contributed by atoms with Crippen LogP contribution in [0.3, 0.4) is 0 Å². The van der Waals surface area contributed by atoms with Gasteiger partial charge in [0, 0.05) is 19.1 Å². The maximum Gasteiger partial charge on any atom is 0.140 e. The molecule has 0 saturated carbocycles. The molecule has 0 aliphatic carbocycles. The number of ether oxygens (including phenoxy) is 1. The molecule has 108 valence electrons. The van der Waals surface area contributed by atoms with E-state index in [4.69, 9.17) is 10.00 Å². The molecule has 0 N–H and O–H groups in total. The van der Waals surface area contributed by atoms with Gasteiger partial charge < -0.3 is 4.74 Å². The third-order valence-electron chi connectivity index (χ3n) is 3.13. The van der Waals surface area contributed by atoms with Crippen LogP contribution >= 0.6 is 0 Å². The number of nitrogens with zero attached hydrogens (tertiary/aromatic N) is 1. The Morgan fingerprint density at radius 1 is 1.05 bits per heavy atom. The Morgan fingerprint density at radius 3 is 2.29 bits per heavy atom. The van der Waals surface area contributed by atoms with Crippen molar-refractivity contribution in [1.82, 2.24) is 0 Å². The molecular weight excluding hydrogens is 279 g/mol. The van der Waals surface area contributed by atoms with Crippen molar-refractivity contribution in [1.29, 1.82) is 5.26 Å². The molecule has 0 fully saturated rings. The lowest BCUT2D eigenvalue weighted by Gasteiger charge is -2.18. The predicted octanol–water partition coefficient (Wildman–Crippen LogP) is 3.75. The number of halogens is 3. The number of methoxy groups -OCH3 is 1. The highest BCUT2D eigenvalue weighted by Gasteiger charge is 2.17. The molecular formula is C16H12F3NO. The minimum absolute atomic E-state index is 0.120. The molecule has 0 aliphatic rings. The van der Waals surface area contributed by atoms with E-state index < -0.39 is 23.4 Å². The monoisotopic (exact) mass is 291 g/mol. The molecule has 1 unspecified atom stereocenters. The molecule has 2 aromatic rings. The van der Waals surface area contributed by atoms with Crippen LogP contribution in [0.2, 0.25) is 0 Å². The van der Waals surface area contributed by atoms with Gasteiger partial charge in [-0.25, -0.2) is 13.2 Å². The van der Waals surface area contributed by atoms with Crippen molar-refractivity contribution in [3.63, 3.8) is 0 Å². The second-order valence-electron chi connectivity index (χ2n) is 4.56. The van der Waals surface area contributed by atoms with Crippen molar-refractivity contribution in [3.8, 4) is 6.07 Å². The smallest absolute Gasteiger partial charge is 0.140 e. The fourth-order valence-corrected chi connectivity index (χ4v) is 2.17. The number of nitriles is 1. The Kier molecular flexibility index (Phi) is 4.61. The standard InChI is InChI=1S/C16H12F3NO/c1-21-9-15(11-5-13(17)7-14(18)6-11)10-2-3-16(19)12(4-10)8-20/h2-7,15H,9H2,1H3. The van der Waals surface area contributed by atoms with E-state index in [1.165, 1.54) is 31.4 Å². The zero-order valence-electron chi connectivity index (χ0n) is 11.2. The summed E-state index contributed by atoms with van der Waals surface area (Å²) in [5.74, 6) is -2.53. The van der Waals surface area contributed by atoms with Gasteiger partial charge >= 0.3 is 0 Å². The molecule has 5 heteroatoms. The molecule has 2 nitrogen and oxygen atoms in total. The van der Waals surface area contributed by atoms with Gasteiger partial charge in [0.25, 0.3) is 0 Å². The van der Waals surface area contributed by atoms with Gasteiger partial charge in [0.1, 0.15) is 23.5 Å². The summed E-state index contributed by atoms with van der Waals surface area (Å²) in [6.45, 7) is 0.152. The maximum atomic E-state index is 13.4. The Hall–Kier alpha value is -2.32. The highest BCUT2D eigenvalue weighted by atomic mass is 19.1. The lowest BCUT2D eigenvalue weighted by molar-refractivity contribution is 0.189. The van der Waals surface area contributed by atoms with Gasteiger partial charge in [-0.05, 0) is 35.4 Å². The van der Waals surface area contributed by atoms with Crippen LogP contribution in [-0.2, 0) is 4.74 Å². The summed E-state index contributed by atoms with van der Waals surface area (Å²) in [6.07, 6.45) is 0. The van der Waals surface area contributed by atoms with Crippen LogP contribution in [0.25, 0.3) is 0 Å². The normalized spacial score (nSPS) is 12.0. The van der Waals surface area contributed by atoms with Crippen molar-refractivity contribution in [2.24, 2.45) is 0 Å². The van der Waals surface area contributed by atoms with Crippen molar-refractivity contribution >= 4 is 0 Å².